The van der Waals surface area contributed by atoms with Gasteiger partial charge in [-0.15, -0.1) is 13.2 Å². The van der Waals surface area contributed by atoms with Crippen LogP contribution in [0.1, 0.15) is 19.8 Å². The van der Waals surface area contributed by atoms with E-state index in [1.807, 2.05) is 6.92 Å². The lowest BCUT2D eigenvalue weighted by Gasteiger charge is -2.11. The zero-order valence-corrected chi connectivity index (χ0v) is 9.25. The SMILES string of the molecule is CCCCOc1cc(O)cc(OC(F)(F)F)c1. The zero-order chi connectivity index (χ0) is 12.9. The van der Waals surface area contributed by atoms with Crippen LogP contribution in [0.15, 0.2) is 18.2 Å². The van der Waals surface area contributed by atoms with Gasteiger partial charge in [-0.2, -0.15) is 0 Å². The normalized spacial score (nSPS) is 11.3. The van der Waals surface area contributed by atoms with Crippen molar-refractivity contribution in [2.45, 2.75) is 26.1 Å². The number of alkyl halides is 3. The van der Waals surface area contributed by atoms with Gasteiger partial charge in [0.1, 0.15) is 17.2 Å². The highest BCUT2D eigenvalue weighted by molar-refractivity contribution is 5.41. The van der Waals surface area contributed by atoms with E-state index in [9.17, 15) is 18.3 Å². The molecule has 0 unspecified atom stereocenters. The lowest BCUT2D eigenvalue weighted by molar-refractivity contribution is -0.274. The average molecular weight is 250 g/mol. The molecule has 0 aliphatic heterocycles. The van der Waals surface area contributed by atoms with Crippen LogP contribution in [-0.2, 0) is 0 Å². The highest BCUT2D eigenvalue weighted by Gasteiger charge is 2.31. The Kier molecular flexibility index (Phi) is 4.48. The van der Waals surface area contributed by atoms with Crippen molar-refractivity contribution in [1.82, 2.24) is 0 Å². The summed E-state index contributed by atoms with van der Waals surface area (Å²) in [5, 5.41) is 9.22. The molecule has 6 heteroatoms. The second-order valence-electron chi connectivity index (χ2n) is 3.41. The van der Waals surface area contributed by atoms with Crippen molar-refractivity contribution in [3.8, 4) is 17.2 Å². The van der Waals surface area contributed by atoms with Gasteiger partial charge >= 0.3 is 6.36 Å². The van der Waals surface area contributed by atoms with Gasteiger partial charge in [-0.3, -0.25) is 0 Å². The van der Waals surface area contributed by atoms with Crippen LogP contribution in [0.2, 0.25) is 0 Å². The molecule has 96 valence electrons. The van der Waals surface area contributed by atoms with E-state index in [0.29, 0.717) is 6.61 Å². The summed E-state index contributed by atoms with van der Waals surface area (Å²) in [7, 11) is 0. The van der Waals surface area contributed by atoms with Gasteiger partial charge in [-0.05, 0) is 6.42 Å². The Hall–Kier alpha value is -1.59. The number of aromatic hydroxyl groups is 1. The predicted octanol–water partition coefficient (Wildman–Crippen LogP) is 3.47. The summed E-state index contributed by atoms with van der Waals surface area (Å²) in [6, 6.07) is 3.20. The highest BCUT2D eigenvalue weighted by Crippen LogP contribution is 2.30. The smallest absolute Gasteiger partial charge is 0.508 e. The van der Waals surface area contributed by atoms with E-state index in [2.05, 4.69) is 4.74 Å². The van der Waals surface area contributed by atoms with Crippen molar-refractivity contribution in [2.24, 2.45) is 0 Å². The Morgan fingerprint density at radius 3 is 2.41 bits per heavy atom. The molecule has 0 radical (unpaired) electrons. The Balaban J connectivity index is 2.72. The van der Waals surface area contributed by atoms with Crippen LogP contribution in [0.3, 0.4) is 0 Å². The third-order valence-electron chi connectivity index (χ3n) is 1.87. The first-order valence-corrected chi connectivity index (χ1v) is 5.13. The van der Waals surface area contributed by atoms with Crippen molar-refractivity contribution >= 4 is 0 Å². The second-order valence-corrected chi connectivity index (χ2v) is 3.41. The topological polar surface area (TPSA) is 38.7 Å². The molecule has 0 aliphatic carbocycles. The average Bonchev–Trinajstić information content (AvgIpc) is 2.14. The molecular weight excluding hydrogens is 237 g/mol. The van der Waals surface area contributed by atoms with E-state index < -0.39 is 12.1 Å². The number of hydrogen-bond donors (Lipinski definition) is 1. The van der Waals surface area contributed by atoms with Gasteiger partial charge in [0, 0.05) is 18.2 Å². The van der Waals surface area contributed by atoms with Crippen molar-refractivity contribution in [1.29, 1.82) is 0 Å². The minimum absolute atomic E-state index is 0.151. The molecule has 0 amide bonds. The van der Waals surface area contributed by atoms with E-state index in [0.717, 1.165) is 25.0 Å². The van der Waals surface area contributed by atoms with Gasteiger partial charge in [-0.1, -0.05) is 13.3 Å². The molecule has 0 fully saturated rings. The second kappa shape index (κ2) is 5.65. The highest BCUT2D eigenvalue weighted by atomic mass is 19.4. The fourth-order valence-electron chi connectivity index (χ4n) is 1.17. The van der Waals surface area contributed by atoms with Gasteiger partial charge in [0.2, 0.25) is 0 Å². The van der Waals surface area contributed by atoms with Crippen molar-refractivity contribution in [3.63, 3.8) is 0 Å². The summed E-state index contributed by atoms with van der Waals surface area (Å²) in [4.78, 5) is 0. The Morgan fingerprint density at radius 1 is 1.18 bits per heavy atom. The van der Waals surface area contributed by atoms with Crippen molar-refractivity contribution in [3.05, 3.63) is 18.2 Å². The van der Waals surface area contributed by atoms with Crippen molar-refractivity contribution < 1.29 is 27.8 Å². The first-order valence-electron chi connectivity index (χ1n) is 5.13. The number of phenols is 1. The van der Waals surface area contributed by atoms with Crippen LogP contribution < -0.4 is 9.47 Å². The molecule has 1 rings (SSSR count). The summed E-state index contributed by atoms with van der Waals surface area (Å²) >= 11 is 0. The summed E-state index contributed by atoms with van der Waals surface area (Å²) < 4.78 is 44.8. The lowest BCUT2D eigenvalue weighted by atomic mass is 10.3. The maximum absolute atomic E-state index is 12.0. The van der Waals surface area contributed by atoms with Crippen LogP contribution in [0.5, 0.6) is 17.2 Å². The van der Waals surface area contributed by atoms with Gasteiger partial charge in [-0.25, -0.2) is 0 Å². The summed E-state index contributed by atoms with van der Waals surface area (Å²) in [5.74, 6) is -0.681. The molecule has 17 heavy (non-hydrogen) atoms. The first kappa shape index (κ1) is 13.5. The molecule has 0 bridgehead atoms. The number of rotatable bonds is 5. The van der Waals surface area contributed by atoms with Gasteiger partial charge < -0.3 is 14.6 Å². The quantitative estimate of drug-likeness (QED) is 0.813. The summed E-state index contributed by atoms with van der Waals surface area (Å²) in [6.07, 6.45) is -3.09. The number of hydrogen-bond acceptors (Lipinski definition) is 3. The van der Waals surface area contributed by atoms with E-state index in [1.54, 1.807) is 0 Å². The first-order chi connectivity index (χ1) is 7.90. The fraction of sp³-hybridized carbons (Fsp3) is 0.455. The molecule has 0 atom stereocenters. The van der Waals surface area contributed by atoms with E-state index >= 15 is 0 Å². The van der Waals surface area contributed by atoms with Crippen LogP contribution in [0.4, 0.5) is 13.2 Å². The molecule has 0 heterocycles. The van der Waals surface area contributed by atoms with Crippen molar-refractivity contribution in [2.75, 3.05) is 6.61 Å². The Morgan fingerprint density at radius 2 is 1.82 bits per heavy atom. The lowest BCUT2D eigenvalue weighted by Crippen LogP contribution is -2.17. The maximum atomic E-state index is 12.0. The molecule has 0 aliphatic rings. The van der Waals surface area contributed by atoms with Gasteiger partial charge in [0.15, 0.2) is 0 Å². The molecule has 0 aromatic heterocycles. The van der Waals surface area contributed by atoms with Gasteiger partial charge in [0.05, 0.1) is 6.61 Å². The minimum Gasteiger partial charge on any atom is -0.508 e. The largest absolute Gasteiger partial charge is 0.573 e. The molecular formula is C11H13F3O3. The molecule has 3 nitrogen and oxygen atoms in total. The van der Waals surface area contributed by atoms with Crippen LogP contribution in [0.25, 0.3) is 0 Å². The Bertz CT molecular complexity index is 363. The monoisotopic (exact) mass is 250 g/mol. The van der Waals surface area contributed by atoms with Crippen LogP contribution in [-0.4, -0.2) is 18.1 Å². The third-order valence-corrected chi connectivity index (χ3v) is 1.87. The van der Waals surface area contributed by atoms with Crippen LogP contribution >= 0.6 is 0 Å². The number of ether oxygens (including phenoxy) is 2. The number of unbranched alkanes of at least 4 members (excludes halogenated alkanes) is 1. The van der Waals surface area contributed by atoms with E-state index in [1.165, 1.54) is 6.07 Å². The summed E-state index contributed by atoms with van der Waals surface area (Å²) in [6.45, 7) is 2.34. The molecule has 0 saturated heterocycles. The van der Waals surface area contributed by atoms with E-state index in [-0.39, 0.29) is 11.5 Å². The standard InChI is InChI=1S/C11H13F3O3/c1-2-3-4-16-9-5-8(15)6-10(7-9)17-11(12,13)14/h5-7,15H,2-4H2,1H3. The summed E-state index contributed by atoms with van der Waals surface area (Å²) in [5.41, 5.74) is 0. The predicted molar refractivity (Wildman–Crippen MR) is 55.2 cm³/mol. The Labute approximate surface area is 96.8 Å². The fourth-order valence-corrected chi connectivity index (χ4v) is 1.17. The minimum atomic E-state index is -4.78. The maximum Gasteiger partial charge on any atom is 0.573 e. The zero-order valence-electron chi connectivity index (χ0n) is 9.25. The van der Waals surface area contributed by atoms with Crippen LogP contribution in [0, 0.1) is 0 Å². The number of benzene rings is 1. The number of phenolic OH excluding ortho intramolecular Hbond substituents is 1. The molecule has 1 N–H and O–H groups in total. The third kappa shape index (κ3) is 5.33. The van der Waals surface area contributed by atoms with Gasteiger partial charge in [0.25, 0.3) is 0 Å². The molecule has 1 aromatic rings. The number of halogens is 3. The molecule has 0 spiro atoms. The molecule has 0 saturated carbocycles. The van der Waals surface area contributed by atoms with E-state index in [4.69, 9.17) is 4.74 Å². The molecule has 1 aromatic carbocycles.